The number of carbonyl (C=O) groups is 2. The Labute approximate surface area is 136 Å². The molecule has 23 heavy (non-hydrogen) atoms. The van der Waals surface area contributed by atoms with E-state index >= 15 is 0 Å². The predicted octanol–water partition coefficient (Wildman–Crippen LogP) is 1.46. The molecule has 0 bridgehead atoms. The number of likely N-dealkylation sites (tertiary alicyclic amines) is 1. The second-order valence-electron chi connectivity index (χ2n) is 6.26. The van der Waals surface area contributed by atoms with E-state index in [1.807, 2.05) is 23.1 Å². The molecule has 0 aromatic heterocycles. The molecular formula is C17H23N3O3. The van der Waals surface area contributed by atoms with Crippen molar-refractivity contribution < 1.29 is 14.3 Å². The Balaban J connectivity index is 1.62. The Hall–Kier alpha value is -2.08. The minimum Gasteiger partial charge on any atom is -0.381 e. The Morgan fingerprint density at radius 1 is 1.22 bits per heavy atom. The number of nitrogens with one attached hydrogen (secondary N) is 1. The van der Waals surface area contributed by atoms with Crippen LogP contribution in [0.1, 0.15) is 41.1 Å². The lowest BCUT2D eigenvalue weighted by molar-refractivity contribution is 0.0708. The molecule has 3 rings (SSSR count). The molecule has 2 aliphatic rings. The van der Waals surface area contributed by atoms with Crippen molar-refractivity contribution in [2.24, 2.45) is 5.73 Å². The van der Waals surface area contributed by atoms with E-state index in [9.17, 15) is 9.59 Å². The second kappa shape index (κ2) is 7.00. The normalized spacial score (nSPS) is 22.1. The van der Waals surface area contributed by atoms with E-state index in [0.29, 0.717) is 19.0 Å². The zero-order valence-electron chi connectivity index (χ0n) is 13.2. The van der Waals surface area contributed by atoms with E-state index in [0.717, 1.165) is 38.0 Å². The summed E-state index contributed by atoms with van der Waals surface area (Å²) in [7, 11) is 0. The summed E-state index contributed by atoms with van der Waals surface area (Å²) in [6.07, 6.45) is 2.50. The number of nitrogens with two attached hydrogens (primary N) is 1. The fourth-order valence-corrected chi connectivity index (χ4v) is 3.33. The molecule has 0 spiro atoms. The molecular weight excluding hydrogens is 294 g/mol. The molecule has 1 aromatic rings. The second-order valence-corrected chi connectivity index (χ2v) is 6.26. The lowest BCUT2D eigenvalue weighted by atomic mass is 9.96. The number of hydrogen-bond acceptors (Lipinski definition) is 3. The molecule has 0 aliphatic carbocycles. The van der Waals surface area contributed by atoms with Gasteiger partial charge >= 0.3 is 6.03 Å². The number of amides is 3. The average molecular weight is 317 g/mol. The van der Waals surface area contributed by atoms with Crippen molar-refractivity contribution in [1.82, 2.24) is 10.2 Å². The first kappa shape index (κ1) is 15.8. The zero-order valence-corrected chi connectivity index (χ0v) is 13.2. The maximum absolute atomic E-state index is 12.7. The Morgan fingerprint density at radius 2 is 2.00 bits per heavy atom. The van der Waals surface area contributed by atoms with E-state index in [4.69, 9.17) is 10.5 Å². The quantitative estimate of drug-likeness (QED) is 0.885. The summed E-state index contributed by atoms with van der Waals surface area (Å²) in [5.41, 5.74) is 7.06. The van der Waals surface area contributed by atoms with Crippen LogP contribution in [-0.4, -0.2) is 49.2 Å². The summed E-state index contributed by atoms with van der Waals surface area (Å²) >= 11 is 0. The monoisotopic (exact) mass is 317 g/mol. The van der Waals surface area contributed by atoms with Crippen molar-refractivity contribution in [2.45, 2.75) is 31.2 Å². The first-order chi connectivity index (χ1) is 11.1. The van der Waals surface area contributed by atoms with E-state index in [1.54, 1.807) is 0 Å². The van der Waals surface area contributed by atoms with Crippen molar-refractivity contribution >= 4 is 11.9 Å². The molecule has 0 saturated carbocycles. The number of urea groups is 1. The Kier molecular flexibility index (Phi) is 4.81. The van der Waals surface area contributed by atoms with Crippen LogP contribution in [0.4, 0.5) is 4.79 Å². The van der Waals surface area contributed by atoms with Gasteiger partial charge < -0.3 is 20.7 Å². The number of piperidine rings is 1. The van der Waals surface area contributed by atoms with Crippen LogP contribution in [0.15, 0.2) is 24.3 Å². The van der Waals surface area contributed by atoms with Gasteiger partial charge in [-0.1, -0.05) is 12.1 Å². The van der Waals surface area contributed by atoms with Gasteiger partial charge in [0.25, 0.3) is 5.91 Å². The Morgan fingerprint density at radius 3 is 2.65 bits per heavy atom. The van der Waals surface area contributed by atoms with Crippen LogP contribution >= 0.6 is 0 Å². The van der Waals surface area contributed by atoms with Crippen LogP contribution in [0.5, 0.6) is 0 Å². The molecule has 0 radical (unpaired) electrons. The minimum atomic E-state index is -0.499. The van der Waals surface area contributed by atoms with Gasteiger partial charge in [0, 0.05) is 37.2 Å². The number of rotatable bonds is 3. The first-order valence-corrected chi connectivity index (χ1v) is 8.16. The number of hydrogen-bond donors (Lipinski definition) is 2. The molecule has 6 heteroatoms. The van der Waals surface area contributed by atoms with Crippen molar-refractivity contribution in [3.8, 4) is 0 Å². The Bertz CT molecular complexity index is 576. The molecule has 2 saturated heterocycles. The highest BCUT2D eigenvalue weighted by atomic mass is 16.5. The molecule has 124 valence electrons. The number of nitrogens with zero attached hydrogens (tertiary/aromatic N) is 1. The fraction of sp³-hybridized carbons (Fsp3) is 0.529. The largest absolute Gasteiger partial charge is 0.381 e. The van der Waals surface area contributed by atoms with E-state index in [2.05, 4.69) is 11.4 Å². The maximum atomic E-state index is 12.7. The minimum absolute atomic E-state index is 0.0586. The summed E-state index contributed by atoms with van der Waals surface area (Å²) in [6.45, 7) is 2.81. The lowest BCUT2D eigenvalue weighted by Crippen LogP contribution is -2.47. The molecule has 3 N–H and O–H groups in total. The third kappa shape index (κ3) is 3.82. The number of benzene rings is 1. The highest BCUT2D eigenvalue weighted by Gasteiger charge is 2.25. The molecule has 3 amide bonds. The van der Waals surface area contributed by atoms with Gasteiger partial charge in [-0.3, -0.25) is 4.79 Å². The lowest BCUT2D eigenvalue weighted by Gasteiger charge is -2.32. The van der Waals surface area contributed by atoms with E-state index in [1.165, 1.54) is 5.56 Å². The molecule has 1 unspecified atom stereocenters. The summed E-state index contributed by atoms with van der Waals surface area (Å²) < 4.78 is 5.43. The number of primary amides is 1. The van der Waals surface area contributed by atoms with Gasteiger partial charge in [0.1, 0.15) is 0 Å². The molecule has 1 atom stereocenters. The number of ether oxygens (including phenoxy) is 1. The summed E-state index contributed by atoms with van der Waals surface area (Å²) in [6, 6.07) is 7.45. The fourth-order valence-electron chi connectivity index (χ4n) is 3.33. The van der Waals surface area contributed by atoms with Gasteiger partial charge in [0.05, 0.1) is 6.61 Å². The summed E-state index contributed by atoms with van der Waals surface area (Å²) in [5, 5.41) is 2.71. The van der Waals surface area contributed by atoms with Gasteiger partial charge in [-0.25, -0.2) is 4.79 Å². The highest BCUT2D eigenvalue weighted by Crippen LogP contribution is 2.26. The van der Waals surface area contributed by atoms with Gasteiger partial charge in [0.2, 0.25) is 0 Å². The SMILES string of the molecule is NC(=O)NC1CCN(C(=O)c2cccc(C3CCOC3)c2)CC1. The van der Waals surface area contributed by atoms with Gasteiger partial charge in [-0.15, -0.1) is 0 Å². The first-order valence-electron chi connectivity index (χ1n) is 8.16. The number of carbonyl (C=O) groups excluding carboxylic acids is 2. The summed E-state index contributed by atoms with van der Waals surface area (Å²) in [5.74, 6) is 0.455. The average Bonchev–Trinajstić information content (AvgIpc) is 3.09. The van der Waals surface area contributed by atoms with Crippen LogP contribution in [0, 0.1) is 0 Å². The third-order valence-corrected chi connectivity index (χ3v) is 4.66. The van der Waals surface area contributed by atoms with Crippen LogP contribution < -0.4 is 11.1 Å². The molecule has 1 aromatic carbocycles. The van der Waals surface area contributed by atoms with Gasteiger partial charge in [0.15, 0.2) is 0 Å². The van der Waals surface area contributed by atoms with Crippen molar-refractivity contribution in [3.63, 3.8) is 0 Å². The topological polar surface area (TPSA) is 84.7 Å². The van der Waals surface area contributed by atoms with Crippen LogP contribution in [-0.2, 0) is 4.74 Å². The van der Waals surface area contributed by atoms with Crippen LogP contribution in [0.2, 0.25) is 0 Å². The van der Waals surface area contributed by atoms with Crippen molar-refractivity contribution in [2.75, 3.05) is 26.3 Å². The highest BCUT2D eigenvalue weighted by molar-refractivity contribution is 5.94. The third-order valence-electron chi connectivity index (χ3n) is 4.66. The van der Waals surface area contributed by atoms with E-state index < -0.39 is 6.03 Å². The van der Waals surface area contributed by atoms with Crippen molar-refractivity contribution in [3.05, 3.63) is 35.4 Å². The van der Waals surface area contributed by atoms with E-state index in [-0.39, 0.29) is 11.9 Å². The van der Waals surface area contributed by atoms with Crippen molar-refractivity contribution in [1.29, 1.82) is 0 Å². The summed E-state index contributed by atoms with van der Waals surface area (Å²) in [4.78, 5) is 25.4. The van der Waals surface area contributed by atoms with Crippen LogP contribution in [0.3, 0.4) is 0 Å². The molecule has 2 aliphatic heterocycles. The van der Waals surface area contributed by atoms with Gasteiger partial charge in [-0.05, 0) is 37.0 Å². The zero-order chi connectivity index (χ0) is 16.2. The molecule has 2 heterocycles. The van der Waals surface area contributed by atoms with Crippen LogP contribution in [0.25, 0.3) is 0 Å². The van der Waals surface area contributed by atoms with Gasteiger partial charge in [-0.2, -0.15) is 0 Å². The molecule has 2 fully saturated rings. The maximum Gasteiger partial charge on any atom is 0.312 e. The molecule has 6 nitrogen and oxygen atoms in total. The smallest absolute Gasteiger partial charge is 0.312 e. The predicted molar refractivity (Wildman–Crippen MR) is 86.3 cm³/mol. The standard InChI is InChI=1S/C17H23N3O3/c18-17(22)19-15-4-7-20(8-5-15)16(21)13-3-1-2-12(10-13)14-6-9-23-11-14/h1-3,10,14-15H,4-9,11H2,(H3,18,19,22).